The third-order valence-electron chi connectivity index (χ3n) is 5.89. The first kappa shape index (κ1) is 15.8. The van der Waals surface area contributed by atoms with E-state index in [2.05, 4.69) is 24.1 Å². The van der Waals surface area contributed by atoms with Gasteiger partial charge in [-0.15, -0.1) is 0 Å². The molecule has 0 aromatic carbocycles. The Hall–Kier alpha value is -0.0800. The monoisotopic (exact) mass is 292 g/mol. The minimum absolute atomic E-state index is 0.782. The highest BCUT2D eigenvalue weighted by molar-refractivity contribution is 4.93. The zero-order valence-corrected chi connectivity index (χ0v) is 14.3. The number of hydrogen-bond acceptors (Lipinski definition) is 2. The molecule has 1 heterocycles. The number of nitrogens with one attached hydrogen (secondary N) is 1. The van der Waals surface area contributed by atoms with Gasteiger partial charge in [-0.05, 0) is 63.3 Å². The van der Waals surface area contributed by atoms with Gasteiger partial charge in [0.2, 0.25) is 0 Å². The molecule has 0 radical (unpaired) electrons. The summed E-state index contributed by atoms with van der Waals surface area (Å²) >= 11 is 0. The molecular formula is C19H36N2. The van der Waals surface area contributed by atoms with Gasteiger partial charge in [0.1, 0.15) is 0 Å². The highest BCUT2D eigenvalue weighted by atomic mass is 15.2. The lowest BCUT2D eigenvalue weighted by molar-refractivity contribution is 0.0993. The minimum atomic E-state index is 0.782. The van der Waals surface area contributed by atoms with E-state index in [0.717, 1.165) is 30.0 Å². The molecule has 3 unspecified atom stereocenters. The van der Waals surface area contributed by atoms with Crippen LogP contribution >= 0.6 is 0 Å². The van der Waals surface area contributed by atoms with Crippen LogP contribution in [0.2, 0.25) is 0 Å². The summed E-state index contributed by atoms with van der Waals surface area (Å²) in [5, 5.41) is 3.77. The summed E-state index contributed by atoms with van der Waals surface area (Å²) in [7, 11) is 0. The maximum Gasteiger partial charge on any atom is 0.0195 e. The van der Waals surface area contributed by atoms with Gasteiger partial charge in [0.05, 0.1) is 0 Å². The van der Waals surface area contributed by atoms with Gasteiger partial charge in [-0.25, -0.2) is 0 Å². The number of rotatable bonds is 6. The van der Waals surface area contributed by atoms with Gasteiger partial charge in [0.15, 0.2) is 0 Å². The first-order valence-corrected chi connectivity index (χ1v) is 9.71. The summed E-state index contributed by atoms with van der Waals surface area (Å²) in [5.74, 6) is 1.88. The molecule has 0 aromatic heterocycles. The van der Waals surface area contributed by atoms with Gasteiger partial charge in [-0.3, -0.25) is 4.90 Å². The second-order valence-corrected chi connectivity index (χ2v) is 8.39. The Labute approximate surface area is 132 Å². The van der Waals surface area contributed by atoms with Crippen molar-refractivity contribution in [2.24, 2.45) is 11.8 Å². The molecule has 3 rings (SSSR count). The summed E-state index contributed by atoms with van der Waals surface area (Å²) in [6.07, 6.45) is 14.6. The van der Waals surface area contributed by atoms with E-state index in [1.54, 1.807) is 0 Å². The highest BCUT2D eigenvalue weighted by Gasteiger charge is 2.37. The summed E-state index contributed by atoms with van der Waals surface area (Å²) in [6, 6.07) is 2.63. The lowest BCUT2D eigenvalue weighted by atomic mass is 9.80. The Morgan fingerprint density at radius 1 is 0.952 bits per heavy atom. The predicted octanol–water partition coefficient (Wildman–Crippen LogP) is 4.20. The summed E-state index contributed by atoms with van der Waals surface area (Å²) in [4.78, 5) is 2.94. The second-order valence-electron chi connectivity index (χ2n) is 8.39. The molecule has 1 aliphatic heterocycles. The Balaban J connectivity index is 1.55. The van der Waals surface area contributed by atoms with Gasteiger partial charge in [-0.1, -0.05) is 33.1 Å². The first-order chi connectivity index (χ1) is 10.2. The van der Waals surface area contributed by atoms with Crippen LogP contribution in [0.25, 0.3) is 0 Å². The lowest BCUT2D eigenvalue weighted by Crippen LogP contribution is -2.49. The predicted molar refractivity (Wildman–Crippen MR) is 90.6 cm³/mol. The fourth-order valence-electron chi connectivity index (χ4n) is 4.78. The van der Waals surface area contributed by atoms with Crippen LogP contribution in [0.15, 0.2) is 0 Å². The number of piperidine rings is 1. The molecule has 2 saturated carbocycles. The molecule has 3 aliphatic rings. The van der Waals surface area contributed by atoms with Crippen molar-refractivity contribution >= 4 is 0 Å². The molecule has 1 N–H and O–H groups in total. The molecule has 0 amide bonds. The normalized spacial score (nSPS) is 34.6. The van der Waals surface area contributed by atoms with E-state index in [4.69, 9.17) is 0 Å². The largest absolute Gasteiger partial charge is 0.313 e. The number of nitrogens with zero attached hydrogens (tertiary/aromatic N) is 1. The van der Waals surface area contributed by atoms with Gasteiger partial charge in [0.25, 0.3) is 0 Å². The second kappa shape index (κ2) is 7.46. The summed E-state index contributed by atoms with van der Waals surface area (Å²) in [5.41, 5.74) is 0. The Kier molecular flexibility index (Phi) is 5.61. The topological polar surface area (TPSA) is 15.3 Å². The summed E-state index contributed by atoms with van der Waals surface area (Å²) < 4.78 is 0. The molecule has 3 fully saturated rings. The average molecular weight is 293 g/mol. The molecule has 2 nitrogen and oxygen atoms in total. The van der Waals surface area contributed by atoms with Crippen LogP contribution in [-0.2, 0) is 0 Å². The molecule has 1 saturated heterocycles. The van der Waals surface area contributed by atoms with Gasteiger partial charge >= 0.3 is 0 Å². The molecule has 0 bridgehead atoms. The van der Waals surface area contributed by atoms with Crippen molar-refractivity contribution < 1.29 is 0 Å². The van der Waals surface area contributed by atoms with Gasteiger partial charge < -0.3 is 5.32 Å². The standard InChI is InChI=1S/C19H36N2/c1-15(2)12-16-6-5-8-19(13-16)21(18-9-10-18)14-17-7-3-4-11-20-17/h15-20H,3-14H2,1-2H3. The van der Waals surface area contributed by atoms with E-state index in [1.165, 1.54) is 77.3 Å². The molecular weight excluding hydrogens is 256 g/mol. The van der Waals surface area contributed by atoms with E-state index < -0.39 is 0 Å². The quantitative estimate of drug-likeness (QED) is 0.789. The molecule has 2 heteroatoms. The fraction of sp³-hybridized carbons (Fsp3) is 1.00. The van der Waals surface area contributed by atoms with E-state index in [0.29, 0.717) is 0 Å². The lowest BCUT2D eigenvalue weighted by Gasteiger charge is -2.40. The highest BCUT2D eigenvalue weighted by Crippen LogP contribution is 2.37. The van der Waals surface area contributed by atoms with Crippen LogP contribution < -0.4 is 5.32 Å². The Bertz CT molecular complexity index is 305. The summed E-state index contributed by atoms with van der Waals surface area (Å²) in [6.45, 7) is 7.38. The molecule has 122 valence electrons. The van der Waals surface area contributed by atoms with Crippen molar-refractivity contribution in [3.05, 3.63) is 0 Å². The van der Waals surface area contributed by atoms with Crippen molar-refractivity contribution in [3.8, 4) is 0 Å². The first-order valence-electron chi connectivity index (χ1n) is 9.71. The number of hydrogen-bond donors (Lipinski definition) is 1. The van der Waals surface area contributed by atoms with E-state index in [-0.39, 0.29) is 0 Å². The van der Waals surface area contributed by atoms with Gasteiger partial charge in [-0.2, -0.15) is 0 Å². The van der Waals surface area contributed by atoms with E-state index in [9.17, 15) is 0 Å². The maximum absolute atomic E-state index is 3.77. The average Bonchev–Trinajstić information content (AvgIpc) is 3.30. The smallest absolute Gasteiger partial charge is 0.0195 e. The Morgan fingerprint density at radius 2 is 1.81 bits per heavy atom. The third-order valence-corrected chi connectivity index (χ3v) is 5.89. The van der Waals surface area contributed by atoms with Crippen molar-refractivity contribution in [2.45, 2.75) is 96.2 Å². The van der Waals surface area contributed by atoms with Crippen LogP contribution in [0.3, 0.4) is 0 Å². The van der Waals surface area contributed by atoms with Crippen molar-refractivity contribution in [1.82, 2.24) is 10.2 Å². The van der Waals surface area contributed by atoms with Crippen LogP contribution in [0.4, 0.5) is 0 Å². The Morgan fingerprint density at radius 3 is 2.48 bits per heavy atom. The van der Waals surface area contributed by atoms with Crippen molar-refractivity contribution in [1.29, 1.82) is 0 Å². The van der Waals surface area contributed by atoms with Crippen molar-refractivity contribution in [3.63, 3.8) is 0 Å². The van der Waals surface area contributed by atoms with Gasteiger partial charge in [0, 0.05) is 24.7 Å². The maximum atomic E-state index is 3.77. The molecule has 2 aliphatic carbocycles. The third kappa shape index (κ3) is 4.69. The van der Waals surface area contributed by atoms with Crippen LogP contribution in [0, 0.1) is 11.8 Å². The zero-order valence-electron chi connectivity index (χ0n) is 14.3. The molecule has 0 spiro atoms. The van der Waals surface area contributed by atoms with Crippen LogP contribution in [0.5, 0.6) is 0 Å². The fourth-order valence-corrected chi connectivity index (χ4v) is 4.78. The molecule has 21 heavy (non-hydrogen) atoms. The van der Waals surface area contributed by atoms with Crippen LogP contribution in [-0.4, -0.2) is 36.1 Å². The van der Waals surface area contributed by atoms with Crippen LogP contribution in [0.1, 0.15) is 78.1 Å². The molecule has 0 aromatic rings. The molecule has 3 atom stereocenters. The minimum Gasteiger partial charge on any atom is -0.313 e. The zero-order chi connectivity index (χ0) is 14.7. The van der Waals surface area contributed by atoms with E-state index >= 15 is 0 Å². The SMILES string of the molecule is CC(C)CC1CCCC(N(CC2CCCCN2)C2CC2)C1. The van der Waals surface area contributed by atoms with E-state index in [1.807, 2.05) is 0 Å². The van der Waals surface area contributed by atoms with Crippen molar-refractivity contribution in [2.75, 3.05) is 13.1 Å².